The second kappa shape index (κ2) is 5.57. The van der Waals surface area contributed by atoms with Crippen LogP contribution in [0.3, 0.4) is 0 Å². The molecule has 2 nitrogen and oxygen atoms in total. The maximum atomic E-state index is 10.5. The number of halogens is 2. The van der Waals surface area contributed by atoms with Gasteiger partial charge in [-0.25, -0.2) is 4.79 Å². The number of esters is 1. The quantitative estimate of drug-likeness (QED) is 0.379. The molecule has 0 saturated carbocycles. The van der Waals surface area contributed by atoms with E-state index in [1.54, 1.807) is 6.92 Å². The molecular weight excluding hydrogens is 175 g/mol. The number of alkyl halides is 2. The predicted molar refractivity (Wildman–Crippen MR) is 41.3 cm³/mol. The lowest BCUT2D eigenvalue weighted by Gasteiger charge is -1.93. The second-order valence-electron chi connectivity index (χ2n) is 1.45. The van der Waals surface area contributed by atoms with Gasteiger partial charge >= 0.3 is 5.97 Å². The van der Waals surface area contributed by atoms with Gasteiger partial charge in [0.05, 0.1) is 6.61 Å². The highest BCUT2D eigenvalue weighted by Gasteiger charge is 1.95. The van der Waals surface area contributed by atoms with Gasteiger partial charge in [0.2, 0.25) is 0 Å². The van der Waals surface area contributed by atoms with Crippen molar-refractivity contribution < 1.29 is 9.53 Å². The van der Waals surface area contributed by atoms with Gasteiger partial charge in [-0.1, -0.05) is 0 Å². The van der Waals surface area contributed by atoms with E-state index in [0.29, 0.717) is 6.61 Å². The summed E-state index contributed by atoms with van der Waals surface area (Å²) in [5, 5.41) is 0. The van der Waals surface area contributed by atoms with Crippen molar-refractivity contribution in [2.24, 2.45) is 0 Å². The van der Waals surface area contributed by atoms with Gasteiger partial charge < -0.3 is 4.74 Å². The lowest BCUT2D eigenvalue weighted by molar-refractivity contribution is -0.137. The van der Waals surface area contributed by atoms with Crippen LogP contribution in [-0.2, 0) is 9.53 Å². The first-order valence-electron chi connectivity index (χ1n) is 2.80. The van der Waals surface area contributed by atoms with E-state index in [2.05, 4.69) is 4.74 Å². The Morgan fingerprint density at radius 1 is 1.70 bits per heavy atom. The van der Waals surface area contributed by atoms with E-state index in [-0.39, 0.29) is 0 Å². The van der Waals surface area contributed by atoms with Gasteiger partial charge in [0.1, 0.15) is 4.84 Å². The molecule has 0 fully saturated rings. The van der Waals surface area contributed by atoms with Crippen molar-refractivity contribution in [1.29, 1.82) is 0 Å². The fourth-order valence-corrected chi connectivity index (χ4v) is 0.487. The van der Waals surface area contributed by atoms with Crippen molar-refractivity contribution in [3.63, 3.8) is 0 Å². The first kappa shape index (κ1) is 9.79. The zero-order valence-corrected chi connectivity index (χ0v) is 7.02. The van der Waals surface area contributed by atoms with Crippen LogP contribution in [0.4, 0.5) is 0 Å². The summed E-state index contributed by atoms with van der Waals surface area (Å²) in [7, 11) is 0. The Morgan fingerprint density at radius 3 is 2.70 bits per heavy atom. The van der Waals surface area contributed by atoms with Gasteiger partial charge in [0, 0.05) is 6.08 Å². The van der Waals surface area contributed by atoms with Crippen molar-refractivity contribution in [3.8, 4) is 0 Å². The molecule has 0 aliphatic rings. The lowest BCUT2D eigenvalue weighted by atomic mass is 10.5. The summed E-state index contributed by atoms with van der Waals surface area (Å²) in [6.45, 7) is 2.09. The first-order valence-corrected chi connectivity index (χ1v) is 3.67. The van der Waals surface area contributed by atoms with Gasteiger partial charge in [0.25, 0.3) is 0 Å². The third kappa shape index (κ3) is 5.92. The average molecular weight is 183 g/mol. The molecule has 0 atom stereocenters. The van der Waals surface area contributed by atoms with Gasteiger partial charge in [0.15, 0.2) is 0 Å². The van der Waals surface area contributed by atoms with Gasteiger partial charge in [-0.3, -0.25) is 0 Å². The van der Waals surface area contributed by atoms with E-state index in [4.69, 9.17) is 23.2 Å². The largest absolute Gasteiger partial charge is 0.463 e. The van der Waals surface area contributed by atoms with Crippen LogP contribution >= 0.6 is 23.2 Å². The number of ether oxygens (including phenoxy) is 1. The third-order valence-electron chi connectivity index (χ3n) is 0.664. The smallest absolute Gasteiger partial charge is 0.330 e. The van der Waals surface area contributed by atoms with Crippen molar-refractivity contribution in [3.05, 3.63) is 12.2 Å². The zero-order chi connectivity index (χ0) is 7.98. The first-order chi connectivity index (χ1) is 4.66. The normalized spacial score (nSPS) is 10.8. The summed E-state index contributed by atoms with van der Waals surface area (Å²) < 4.78 is 4.55. The van der Waals surface area contributed by atoms with Crippen LogP contribution in [-0.4, -0.2) is 17.4 Å². The number of carbonyl (C=O) groups is 1. The summed E-state index contributed by atoms with van der Waals surface area (Å²) in [4.78, 5) is 9.87. The molecule has 10 heavy (non-hydrogen) atoms. The van der Waals surface area contributed by atoms with Crippen LogP contribution < -0.4 is 0 Å². The number of carbonyl (C=O) groups excluding carboxylic acids is 1. The highest BCUT2D eigenvalue weighted by atomic mass is 35.5. The van der Waals surface area contributed by atoms with Crippen molar-refractivity contribution in [1.82, 2.24) is 0 Å². The molecule has 0 aromatic carbocycles. The Kier molecular flexibility index (Phi) is 5.45. The second-order valence-corrected chi connectivity index (χ2v) is 2.61. The summed E-state index contributed by atoms with van der Waals surface area (Å²) >= 11 is 10.6. The molecule has 0 aromatic rings. The molecule has 0 radical (unpaired) electrons. The number of rotatable bonds is 3. The Hall–Kier alpha value is -0.210. The average Bonchev–Trinajstić information content (AvgIpc) is 1.85. The summed E-state index contributed by atoms with van der Waals surface area (Å²) in [6, 6.07) is 0. The topological polar surface area (TPSA) is 26.3 Å². The number of allylic oxidation sites excluding steroid dienone is 1. The van der Waals surface area contributed by atoms with Crippen molar-refractivity contribution >= 4 is 29.2 Å². The van der Waals surface area contributed by atoms with Crippen molar-refractivity contribution in [2.75, 3.05) is 6.61 Å². The summed E-state index contributed by atoms with van der Waals surface area (Å²) in [5.74, 6) is -0.422. The molecule has 0 unspecified atom stereocenters. The summed E-state index contributed by atoms with van der Waals surface area (Å²) in [5.41, 5.74) is 0. The molecule has 0 N–H and O–H groups in total. The van der Waals surface area contributed by atoms with E-state index in [1.807, 2.05) is 0 Å². The van der Waals surface area contributed by atoms with Gasteiger partial charge in [-0.15, -0.1) is 23.2 Å². The van der Waals surface area contributed by atoms with E-state index >= 15 is 0 Å². The fraction of sp³-hybridized carbons (Fsp3) is 0.500. The molecular formula is C6H8Cl2O2. The third-order valence-corrected chi connectivity index (χ3v) is 0.955. The Bertz CT molecular complexity index is 132. The number of hydrogen-bond acceptors (Lipinski definition) is 2. The molecule has 0 aliphatic carbocycles. The van der Waals surface area contributed by atoms with E-state index in [1.165, 1.54) is 12.2 Å². The van der Waals surface area contributed by atoms with Crippen LogP contribution in [0.25, 0.3) is 0 Å². The molecule has 0 saturated heterocycles. The maximum Gasteiger partial charge on any atom is 0.330 e. The van der Waals surface area contributed by atoms with E-state index in [9.17, 15) is 4.79 Å². The predicted octanol–water partition coefficient (Wildman–Crippen LogP) is 1.91. The van der Waals surface area contributed by atoms with E-state index in [0.717, 1.165) is 0 Å². The highest BCUT2D eigenvalue weighted by molar-refractivity contribution is 6.45. The molecule has 4 heteroatoms. The number of hydrogen-bond donors (Lipinski definition) is 0. The molecule has 0 spiro atoms. The van der Waals surface area contributed by atoms with E-state index < -0.39 is 10.8 Å². The highest BCUT2D eigenvalue weighted by Crippen LogP contribution is 2.02. The molecule has 0 bridgehead atoms. The van der Waals surface area contributed by atoms with Crippen LogP contribution in [0.5, 0.6) is 0 Å². The minimum atomic E-state index is -0.649. The zero-order valence-electron chi connectivity index (χ0n) is 5.51. The molecule has 0 rings (SSSR count). The standard InChI is InChI=1S/C6H8Cl2O2/c1-2-10-6(9)4-3-5(7)8/h3-5H,2H2,1H3/b4-3+. The van der Waals surface area contributed by atoms with Gasteiger partial charge in [-0.05, 0) is 13.0 Å². The van der Waals surface area contributed by atoms with Crippen LogP contribution in [0.15, 0.2) is 12.2 Å². The minimum absolute atomic E-state index is 0.360. The Balaban J connectivity index is 3.56. The molecule has 0 heterocycles. The fourth-order valence-electron chi connectivity index (χ4n) is 0.342. The van der Waals surface area contributed by atoms with Crippen LogP contribution in [0.2, 0.25) is 0 Å². The Morgan fingerprint density at radius 2 is 2.30 bits per heavy atom. The summed E-state index contributed by atoms with van der Waals surface area (Å²) in [6.07, 6.45) is 2.55. The lowest BCUT2D eigenvalue weighted by Crippen LogP contribution is -1.99. The SMILES string of the molecule is CCOC(=O)/C=C/C(Cl)Cl. The molecule has 0 amide bonds. The van der Waals surface area contributed by atoms with Gasteiger partial charge in [-0.2, -0.15) is 0 Å². The molecule has 0 aromatic heterocycles. The monoisotopic (exact) mass is 182 g/mol. The van der Waals surface area contributed by atoms with Crippen LogP contribution in [0, 0.1) is 0 Å². The molecule has 0 aliphatic heterocycles. The van der Waals surface area contributed by atoms with Crippen molar-refractivity contribution in [2.45, 2.75) is 11.8 Å². The van der Waals surface area contributed by atoms with Crippen LogP contribution in [0.1, 0.15) is 6.92 Å². The molecule has 58 valence electrons. The Labute approximate surface area is 69.8 Å². The minimum Gasteiger partial charge on any atom is -0.463 e. The maximum absolute atomic E-state index is 10.5.